The van der Waals surface area contributed by atoms with Crippen molar-refractivity contribution in [1.82, 2.24) is 4.90 Å². The van der Waals surface area contributed by atoms with Crippen LogP contribution in [0.3, 0.4) is 0 Å². The Kier molecular flexibility index (Phi) is 5.56. The topological polar surface area (TPSA) is 49.6 Å². The van der Waals surface area contributed by atoms with Gasteiger partial charge in [-0.2, -0.15) is 0 Å². The lowest BCUT2D eigenvalue weighted by Gasteiger charge is -2.37. The fourth-order valence-corrected chi connectivity index (χ4v) is 3.27. The van der Waals surface area contributed by atoms with Crippen LogP contribution in [0, 0.1) is 5.82 Å². The van der Waals surface area contributed by atoms with Gasteiger partial charge in [-0.3, -0.25) is 4.79 Å². The lowest BCUT2D eigenvalue weighted by atomic mass is 10.1. The minimum Gasteiger partial charge on any atom is -0.368 e. The molecule has 2 N–H and O–H groups in total. The van der Waals surface area contributed by atoms with Crippen molar-refractivity contribution in [2.75, 3.05) is 31.1 Å². The van der Waals surface area contributed by atoms with Crippen LogP contribution >= 0.6 is 11.6 Å². The van der Waals surface area contributed by atoms with Gasteiger partial charge in [-0.25, -0.2) is 4.39 Å². The third-order valence-corrected chi connectivity index (χ3v) is 4.87. The Bertz CT molecular complexity index is 730. The summed E-state index contributed by atoms with van der Waals surface area (Å²) >= 11 is 6.14. The average Bonchev–Trinajstić information content (AvgIpc) is 2.64. The zero-order valence-electron chi connectivity index (χ0n) is 13.9. The molecule has 0 radical (unpaired) electrons. The maximum absolute atomic E-state index is 13.0. The van der Waals surface area contributed by atoms with E-state index in [-0.39, 0.29) is 11.7 Å². The summed E-state index contributed by atoms with van der Waals surface area (Å²) in [5.41, 5.74) is 7.96. The van der Waals surface area contributed by atoms with Gasteiger partial charge >= 0.3 is 0 Å². The minimum absolute atomic E-state index is 0.0568. The summed E-state index contributed by atoms with van der Waals surface area (Å²) in [6, 6.07) is 13.3. The number of hydrogen-bond donors (Lipinski definition) is 1. The van der Waals surface area contributed by atoms with Gasteiger partial charge in [0.2, 0.25) is 5.91 Å². The Hall–Kier alpha value is -2.11. The second kappa shape index (κ2) is 7.85. The average molecular weight is 362 g/mol. The van der Waals surface area contributed by atoms with Crippen LogP contribution in [-0.2, 0) is 11.2 Å². The van der Waals surface area contributed by atoms with E-state index in [1.54, 1.807) is 23.1 Å². The predicted octanol–water partition coefficient (Wildman–Crippen LogP) is 2.70. The molecule has 1 fully saturated rings. The van der Waals surface area contributed by atoms with Crippen LogP contribution in [0.4, 0.5) is 10.1 Å². The lowest BCUT2D eigenvalue weighted by molar-refractivity contribution is -0.132. The summed E-state index contributed by atoms with van der Waals surface area (Å²) in [6.07, 6.45) is 0.427. The number of benzene rings is 2. The van der Waals surface area contributed by atoms with Crippen molar-refractivity contribution in [3.63, 3.8) is 0 Å². The summed E-state index contributed by atoms with van der Waals surface area (Å²) in [4.78, 5) is 16.5. The normalized spacial score (nSPS) is 16.0. The van der Waals surface area contributed by atoms with Crippen molar-refractivity contribution < 1.29 is 9.18 Å². The van der Waals surface area contributed by atoms with Gasteiger partial charge in [0.1, 0.15) is 5.82 Å². The van der Waals surface area contributed by atoms with Gasteiger partial charge in [0.15, 0.2) is 0 Å². The van der Waals surface area contributed by atoms with Crippen LogP contribution in [-0.4, -0.2) is 43.0 Å². The first-order valence-corrected chi connectivity index (χ1v) is 8.70. The van der Waals surface area contributed by atoms with Crippen molar-refractivity contribution in [3.05, 3.63) is 64.9 Å². The minimum atomic E-state index is -0.600. The first-order valence-electron chi connectivity index (χ1n) is 8.33. The zero-order valence-corrected chi connectivity index (χ0v) is 14.6. The molecule has 1 unspecified atom stereocenters. The first-order chi connectivity index (χ1) is 12.0. The van der Waals surface area contributed by atoms with E-state index >= 15 is 0 Å². The largest absolute Gasteiger partial charge is 0.368 e. The third-order valence-electron chi connectivity index (χ3n) is 4.50. The summed E-state index contributed by atoms with van der Waals surface area (Å²) in [7, 11) is 0. The van der Waals surface area contributed by atoms with Crippen LogP contribution in [0.25, 0.3) is 0 Å². The molecule has 0 spiro atoms. The van der Waals surface area contributed by atoms with E-state index in [9.17, 15) is 9.18 Å². The molecule has 2 aromatic carbocycles. The fourth-order valence-electron chi connectivity index (χ4n) is 3.06. The van der Waals surface area contributed by atoms with Crippen LogP contribution in [0.5, 0.6) is 0 Å². The number of nitrogens with zero attached hydrogens (tertiary/aromatic N) is 2. The van der Waals surface area contributed by atoms with E-state index in [0.29, 0.717) is 37.6 Å². The van der Waals surface area contributed by atoms with Crippen LogP contribution in [0.1, 0.15) is 5.56 Å². The van der Waals surface area contributed by atoms with Gasteiger partial charge in [-0.05, 0) is 42.3 Å². The molecule has 0 saturated carbocycles. The highest BCUT2D eigenvalue weighted by Gasteiger charge is 2.25. The highest BCUT2D eigenvalue weighted by molar-refractivity contribution is 6.31. The molecule has 1 heterocycles. The van der Waals surface area contributed by atoms with E-state index in [4.69, 9.17) is 17.3 Å². The van der Waals surface area contributed by atoms with Crippen LogP contribution < -0.4 is 10.6 Å². The van der Waals surface area contributed by atoms with Crippen LogP contribution in [0.15, 0.2) is 48.5 Å². The molecule has 1 aliphatic rings. The standard InChI is InChI=1S/C19H21ClFN3O/c20-17-4-2-1-3-14(17)13-18(22)19(25)24-11-9-23(10-12-24)16-7-5-15(21)6-8-16/h1-8,18H,9-13,22H2. The number of piperazine rings is 1. The molecule has 4 nitrogen and oxygen atoms in total. The molecule has 132 valence electrons. The summed E-state index contributed by atoms with van der Waals surface area (Å²) in [6.45, 7) is 2.62. The van der Waals surface area contributed by atoms with Gasteiger partial charge < -0.3 is 15.5 Å². The van der Waals surface area contributed by atoms with Crippen molar-refractivity contribution in [3.8, 4) is 0 Å². The molecule has 1 aliphatic heterocycles. The Morgan fingerprint density at radius 3 is 2.36 bits per heavy atom. The summed E-state index contributed by atoms with van der Waals surface area (Å²) in [5.74, 6) is -0.304. The Morgan fingerprint density at radius 2 is 1.72 bits per heavy atom. The highest BCUT2D eigenvalue weighted by atomic mass is 35.5. The first kappa shape index (κ1) is 17.7. The third kappa shape index (κ3) is 4.30. The molecule has 0 aromatic heterocycles. The smallest absolute Gasteiger partial charge is 0.239 e. The number of nitrogens with two attached hydrogens (primary N) is 1. The number of halogens is 2. The second-order valence-electron chi connectivity index (χ2n) is 6.19. The molecule has 25 heavy (non-hydrogen) atoms. The summed E-state index contributed by atoms with van der Waals surface area (Å²) in [5, 5.41) is 0.631. The van der Waals surface area contributed by atoms with Crippen molar-refractivity contribution >= 4 is 23.2 Å². The number of amides is 1. The van der Waals surface area contributed by atoms with Crippen molar-refractivity contribution in [2.24, 2.45) is 5.73 Å². The molecule has 3 rings (SSSR count). The van der Waals surface area contributed by atoms with E-state index in [1.807, 2.05) is 18.2 Å². The van der Waals surface area contributed by atoms with Gasteiger partial charge in [0, 0.05) is 36.9 Å². The maximum Gasteiger partial charge on any atom is 0.239 e. The van der Waals surface area contributed by atoms with Gasteiger partial charge in [-0.15, -0.1) is 0 Å². The molecular formula is C19H21ClFN3O. The quantitative estimate of drug-likeness (QED) is 0.911. The SMILES string of the molecule is NC(Cc1ccccc1Cl)C(=O)N1CCN(c2ccc(F)cc2)CC1. The molecule has 2 aromatic rings. The van der Waals surface area contributed by atoms with Gasteiger partial charge in [0.05, 0.1) is 6.04 Å². The zero-order chi connectivity index (χ0) is 17.8. The monoisotopic (exact) mass is 361 g/mol. The number of carbonyl (C=O) groups excluding carboxylic acids is 1. The van der Waals surface area contributed by atoms with E-state index in [1.165, 1.54) is 12.1 Å². The molecule has 1 atom stereocenters. The molecule has 0 bridgehead atoms. The van der Waals surface area contributed by atoms with E-state index in [2.05, 4.69) is 4.90 Å². The molecular weight excluding hydrogens is 341 g/mol. The van der Waals surface area contributed by atoms with Gasteiger partial charge in [-0.1, -0.05) is 29.8 Å². The Labute approximate surface area is 152 Å². The number of rotatable bonds is 4. The van der Waals surface area contributed by atoms with Crippen molar-refractivity contribution in [1.29, 1.82) is 0 Å². The Balaban J connectivity index is 1.56. The summed E-state index contributed by atoms with van der Waals surface area (Å²) < 4.78 is 13.0. The molecule has 1 saturated heterocycles. The predicted molar refractivity (Wildman–Crippen MR) is 98.3 cm³/mol. The lowest BCUT2D eigenvalue weighted by Crippen LogP contribution is -2.53. The van der Waals surface area contributed by atoms with Crippen molar-refractivity contribution in [2.45, 2.75) is 12.5 Å². The molecule has 0 aliphatic carbocycles. The van der Waals surface area contributed by atoms with Crippen LogP contribution in [0.2, 0.25) is 5.02 Å². The highest BCUT2D eigenvalue weighted by Crippen LogP contribution is 2.19. The van der Waals surface area contributed by atoms with E-state index < -0.39 is 6.04 Å². The van der Waals surface area contributed by atoms with E-state index in [0.717, 1.165) is 11.3 Å². The molecule has 6 heteroatoms. The molecule has 1 amide bonds. The number of anilines is 1. The Morgan fingerprint density at radius 1 is 1.08 bits per heavy atom. The number of hydrogen-bond acceptors (Lipinski definition) is 3. The number of carbonyl (C=O) groups is 1. The van der Waals surface area contributed by atoms with Gasteiger partial charge in [0.25, 0.3) is 0 Å². The second-order valence-corrected chi connectivity index (χ2v) is 6.60. The maximum atomic E-state index is 13.0. The fraction of sp³-hybridized carbons (Fsp3) is 0.316.